The highest BCUT2D eigenvalue weighted by atomic mass is 28.4. The van der Waals surface area contributed by atoms with Crippen LogP contribution >= 0.6 is 0 Å². The first kappa shape index (κ1) is 14.8. The Labute approximate surface area is 94.8 Å². The van der Waals surface area contributed by atoms with Crippen molar-refractivity contribution in [2.24, 2.45) is 0 Å². The average Bonchev–Trinajstić information content (AvgIpc) is 2.29. The van der Waals surface area contributed by atoms with Crippen molar-refractivity contribution in [3.63, 3.8) is 0 Å². The van der Waals surface area contributed by atoms with E-state index in [-0.39, 0.29) is 0 Å². The highest BCUT2D eigenvalue weighted by Gasteiger charge is 2.36. The second-order valence-electron chi connectivity index (χ2n) is 3.46. The molecule has 0 fully saturated rings. The van der Waals surface area contributed by atoms with Gasteiger partial charge >= 0.3 is 8.80 Å². The predicted molar refractivity (Wildman–Crippen MR) is 64.9 cm³/mol. The van der Waals surface area contributed by atoms with Crippen molar-refractivity contribution < 1.29 is 13.3 Å². The Kier molecular flexibility index (Phi) is 8.99. The van der Waals surface area contributed by atoms with Crippen LogP contribution in [0.5, 0.6) is 0 Å². The lowest BCUT2D eigenvalue weighted by Gasteiger charge is -2.24. The molecule has 0 aliphatic carbocycles. The number of hydrogen-bond acceptors (Lipinski definition) is 3. The summed E-state index contributed by atoms with van der Waals surface area (Å²) in [5.41, 5.74) is 0. The van der Waals surface area contributed by atoms with Crippen LogP contribution in [-0.4, -0.2) is 30.1 Å². The smallest absolute Gasteiger partial charge is 0.377 e. The lowest BCUT2D eigenvalue weighted by atomic mass is 10.2. The molecule has 0 bridgehead atoms. The normalized spacial score (nSPS) is 12.5. The minimum Gasteiger partial charge on any atom is -0.377 e. The molecule has 0 saturated carbocycles. The van der Waals surface area contributed by atoms with Crippen molar-refractivity contribution in [1.82, 2.24) is 0 Å². The third-order valence-electron chi connectivity index (χ3n) is 2.52. The third kappa shape index (κ3) is 6.09. The molecule has 0 aromatic carbocycles. The standard InChI is InChI=1S/C11H24O3Si/c1-5-6-7-8-9-10-11-15(12-2,13-3)14-4/h5-6H,7-11H2,1-4H3. The van der Waals surface area contributed by atoms with Crippen LogP contribution in [-0.2, 0) is 13.3 Å². The van der Waals surface area contributed by atoms with Crippen LogP contribution in [0, 0.1) is 0 Å². The molecule has 0 heterocycles. The van der Waals surface area contributed by atoms with Gasteiger partial charge in [0.15, 0.2) is 0 Å². The quantitative estimate of drug-likeness (QED) is 0.347. The van der Waals surface area contributed by atoms with E-state index in [2.05, 4.69) is 19.1 Å². The van der Waals surface area contributed by atoms with Gasteiger partial charge in [-0.05, 0) is 26.2 Å². The average molecular weight is 232 g/mol. The predicted octanol–water partition coefficient (Wildman–Crippen LogP) is 3.00. The molecule has 0 N–H and O–H groups in total. The minimum atomic E-state index is -2.30. The van der Waals surface area contributed by atoms with Crippen LogP contribution < -0.4 is 0 Å². The van der Waals surface area contributed by atoms with Gasteiger partial charge in [-0.15, -0.1) is 0 Å². The Bertz CT molecular complexity index is 159. The Balaban J connectivity index is 3.62. The fraction of sp³-hybridized carbons (Fsp3) is 0.818. The maximum absolute atomic E-state index is 5.34. The van der Waals surface area contributed by atoms with E-state index in [1.807, 2.05) is 0 Å². The summed E-state index contributed by atoms with van der Waals surface area (Å²) < 4.78 is 16.0. The molecule has 0 amide bonds. The maximum Gasteiger partial charge on any atom is 0.500 e. The highest BCUT2D eigenvalue weighted by molar-refractivity contribution is 6.60. The number of allylic oxidation sites excluding steroid dienone is 2. The zero-order chi connectivity index (χ0) is 11.6. The molecular weight excluding hydrogens is 208 g/mol. The molecular formula is C11H24O3Si. The fourth-order valence-corrected chi connectivity index (χ4v) is 3.30. The molecule has 0 aliphatic heterocycles. The lowest BCUT2D eigenvalue weighted by molar-refractivity contribution is 0.122. The molecule has 0 unspecified atom stereocenters. The van der Waals surface area contributed by atoms with Crippen LogP contribution in [0.15, 0.2) is 12.2 Å². The van der Waals surface area contributed by atoms with Crippen LogP contribution in [0.1, 0.15) is 32.6 Å². The van der Waals surface area contributed by atoms with Crippen molar-refractivity contribution in [3.8, 4) is 0 Å². The number of hydrogen-bond donors (Lipinski definition) is 0. The molecule has 4 heteroatoms. The summed E-state index contributed by atoms with van der Waals surface area (Å²) >= 11 is 0. The summed E-state index contributed by atoms with van der Waals surface area (Å²) in [6.45, 7) is 2.05. The van der Waals surface area contributed by atoms with Crippen molar-refractivity contribution in [1.29, 1.82) is 0 Å². The zero-order valence-corrected chi connectivity index (χ0v) is 11.4. The second-order valence-corrected chi connectivity index (χ2v) is 6.55. The summed E-state index contributed by atoms with van der Waals surface area (Å²) in [5.74, 6) is 0. The largest absolute Gasteiger partial charge is 0.500 e. The van der Waals surface area contributed by atoms with E-state index in [1.165, 1.54) is 12.8 Å². The third-order valence-corrected chi connectivity index (χ3v) is 5.35. The van der Waals surface area contributed by atoms with Crippen LogP contribution in [0.3, 0.4) is 0 Å². The first-order chi connectivity index (χ1) is 7.24. The molecule has 0 rings (SSSR count). The van der Waals surface area contributed by atoms with E-state index in [9.17, 15) is 0 Å². The summed E-state index contributed by atoms with van der Waals surface area (Å²) in [4.78, 5) is 0. The van der Waals surface area contributed by atoms with E-state index in [4.69, 9.17) is 13.3 Å². The summed E-state index contributed by atoms with van der Waals surface area (Å²) in [6.07, 6.45) is 9.00. The molecule has 0 aromatic rings. The van der Waals surface area contributed by atoms with Crippen LogP contribution in [0.25, 0.3) is 0 Å². The van der Waals surface area contributed by atoms with Gasteiger partial charge in [0, 0.05) is 27.4 Å². The van der Waals surface area contributed by atoms with Gasteiger partial charge in [-0.1, -0.05) is 18.6 Å². The topological polar surface area (TPSA) is 27.7 Å². The molecule has 0 spiro atoms. The first-order valence-electron chi connectivity index (χ1n) is 5.51. The molecule has 0 aromatic heterocycles. The van der Waals surface area contributed by atoms with Crippen molar-refractivity contribution in [2.75, 3.05) is 21.3 Å². The van der Waals surface area contributed by atoms with E-state index in [0.717, 1.165) is 18.9 Å². The van der Waals surface area contributed by atoms with Crippen molar-refractivity contribution >= 4 is 8.80 Å². The lowest BCUT2D eigenvalue weighted by Crippen LogP contribution is -2.42. The Morgan fingerprint density at radius 2 is 1.53 bits per heavy atom. The zero-order valence-electron chi connectivity index (χ0n) is 10.4. The number of rotatable bonds is 9. The molecule has 0 saturated heterocycles. The Morgan fingerprint density at radius 3 is 2.00 bits per heavy atom. The SMILES string of the molecule is CC=CCCCCC[Si](OC)(OC)OC. The van der Waals surface area contributed by atoms with E-state index >= 15 is 0 Å². The van der Waals surface area contributed by atoms with Crippen molar-refractivity contribution in [2.45, 2.75) is 38.7 Å². The summed E-state index contributed by atoms with van der Waals surface area (Å²) in [5, 5.41) is 0. The van der Waals surface area contributed by atoms with Gasteiger partial charge in [0.2, 0.25) is 0 Å². The van der Waals surface area contributed by atoms with Gasteiger partial charge in [0.25, 0.3) is 0 Å². The summed E-state index contributed by atoms with van der Waals surface area (Å²) in [6, 6.07) is 0.909. The van der Waals surface area contributed by atoms with E-state index in [1.54, 1.807) is 21.3 Å². The molecule has 0 aliphatic rings. The number of unbranched alkanes of at least 4 members (excludes halogenated alkanes) is 3. The van der Waals surface area contributed by atoms with Crippen LogP contribution in [0.2, 0.25) is 6.04 Å². The minimum absolute atomic E-state index is 0.909. The molecule has 0 radical (unpaired) electrons. The van der Waals surface area contributed by atoms with Gasteiger partial charge in [-0.2, -0.15) is 0 Å². The first-order valence-corrected chi connectivity index (χ1v) is 7.44. The molecule has 15 heavy (non-hydrogen) atoms. The summed E-state index contributed by atoms with van der Waals surface area (Å²) in [7, 11) is 2.69. The van der Waals surface area contributed by atoms with E-state index in [0.29, 0.717) is 0 Å². The van der Waals surface area contributed by atoms with Gasteiger partial charge < -0.3 is 13.3 Å². The maximum atomic E-state index is 5.34. The molecule has 0 atom stereocenters. The highest BCUT2D eigenvalue weighted by Crippen LogP contribution is 2.17. The van der Waals surface area contributed by atoms with Crippen molar-refractivity contribution in [3.05, 3.63) is 12.2 Å². The van der Waals surface area contributed by atoms with Gasteiger partial charge in [0.05, 0.1) is 0 Å². The van der Waals surface area contributed by atoms with Crippen LogP contribution in [0.4, 0.5) is 0 Å². The van der Waals surface area contributed by atoms with Gasteiger partial charge in [-0.3, -0.25) is 0 Å². The molecule has 3 nitrogen and oxygen atoms in total. The Hall–Kier alpha value is -0.163. The van der Waals surface area contributed by atoms with E-state index < -0.39 is 8.80 Å². The fourth-order valence-electron chi connectivity index (χ4n) is 1.50. The monoisotopic (exact) mass is 232 g/mol. The van der Waals surface area contributed by atoms with Gasteiger partial charge in [0.1, 0.15) is 0 Å². The molecule has 90 valence electrons. The van der Waals surface area contributed by atoms with Gasteiger partial charge in [-0.25, -0.2) is 0 Å². The second kappa shape index (κ2) is 9.09. The Morgan fingerprint density at radius 1 is 0.933 bits per heavy atom.